The van der Waals surface area contributed by atoms with E-state index in [1.165, 1.54) is 25.7 Å². The van der Waals surface area contributed by atoms with E-state index in [0.29, 0.717) is 12.1 Å². The lowest BCUT2D eigenvalue weighted by molar-refractivity contribution is 0.247. The second-order valence-corrected chi connectivity index (χ2v) is 6.72. The van der Waals surface area contributed by atoms with Crippen LogP contribution in [0.25, 0.3) is 0 Å². The molecule has 1 saturated carbocycles. The van der Waals surface area contributed by atoms with Crippen molar-refractivity contribution in [2.45, 2.75) is 71.5 Å². The zero-order valence-electron chi connectivity index (χ0n) is 14.2. The summed E-state index contributed by atoms with van der Waals surface area (Å²) in [5, 5.41) is 6.93. The van der Waals surface area contributed by atoms with Crippen LogP contribution in [0, 0.1) is 5.92 Å². The minimum atomic E-state index is 0.472. The zero-order chi connectivity index (χ0) is 15.1. The van der Waals surface area contributed by atoms with Gasteiger partial charge in [0.1, 0.15) is 0 Å². The summed E-state index contributed by atoms with van der Waals surface area (Å²) in [6, 6.07) is 1.83. The molecule has 0 bridgehead atoms. The molecule has 0 aromatic rings. The molecule has 0 radical (unpaired) electrons. The summed E-state index contributed by atoms with van der Waals surface area (Å²) in [7, 11) is 4.07. The highest BCUT2D eigenvalue weighted by molar-refractivity contribution is 5.79. The maximum atomic E-state index is 4.32. The number of nitrogens with one attached hydrogen (secondary N) is 2. The monoisotopic (exact) mass is 282 g/mol. The lowest BCUT2D eigenvalue weighted by atomic mass is 10.0. The van der Waals surface area contributed by atoms with Crippen LogP contribution in [0.4, 0.5) is 0 Å². The lowest BCUT2D eigenvalue weighted by Gasteiger charge is -2.26. The third-order valence-corrected chi connectivity index (χ3v) is 4.17. The van der Waals surface area contributed by atoms with E-state index in [9.17, 15) is 0 Å². The molecule has 0 aromatic heterocycles. The van der Waals surface area contributed by atoms with Gasteiger partial charge in [0.05, 0.1) is 0 Å². The summed E-state index contributed by atoms with van der Waals surface area (Å²) >= 11 is 0. The van der Waals surface area contributed by atoms with Crippen molar-refractivity contribution < 1.29 is 0 Å². The molecule has 0 amide bonds. The van der Waals surface area contributed by atoms with E-state index < -0.39 is 0 Å². The Bertz CT molecular complexity index is 297. The van der Waals surface area contributed by atoms with Crippen LogP contribution in [0.2, 0.25) is 0 Å². The van der Waals surface area contributed by atoms with Gasteiger partial charge in [-0.1, -0.05) is 13.8 Å². The van der Waals surface area contributed by atoms with Crippen molar-refractivity contribution in [3.05, 3.63) is 0 Å². The predicted octanol–water partition coefficient (Wildman–Crippen LogP) is 2.46. The summed E-state index contributed by atoms with van der Waals surface area (Å²) < 4.78 is 0. The number of guanidine groups is 1. The molecular weight excluding hydrogens is 248 g/mol. The van der Waals surface area contributed by atoms with Crippen LogP contribution in [0.5, 0.6) is 0 Å². The van der Waals surface area contributed by atoms with Gasteiger partial charge in [0.15, 0.2) is 5.96 Å². The molecule has 0 saturated heterocycles. The second kappa shape index (κ2) is 8.50. The molecule has 2 N–H and O–H groups in total. The van der Waals surface area contributed by atoms with Gasteiger partial charge in [-0.3, -0.25) is 9.89 Å². The van der Waals surface area contributed by atoms with Gasteiger partial charge in [0, 0.05) is 31.7 Å². The fourth-order valence-corrected chi connectivity index (χ4v) is 2.31. The van der Waals surface area contributed by atoms with Crippen molar-refractivity contribution in [3.63, 3.8) is 0 Å². The van der Waals surface area contributed by atoms with E-state index in [2.05, 4.69) is 55.3 Å². The van der Waals surface area contributed by atoms with Crippen LogP contribution in [0.1, 0.15) is 53.4 Å². The minimum absolute atomic E-state index is 0.472. The highest BCUT2D eigenvalue weighted by Crippen LogP contribution is 2.26. The van der Waals surface area contributed by atoms with Crippen molar-refractivity contribution in [1.82, 2.24) is 15.5 Å². The van der Waals surface area contributed by atoms with Gasteiger partial charge in [0.2, 0.25) is 0 Å². The first-order chi connectivity index (χ1) is 9.43. The lowest BCUT2D eigenvalue weighted by Crippen LogP contribution is -2.47. The van der Waals surface area contributed by atoms with Gasteiger partial charge >= 0.3 is 0 Å². The average molecular weight is 282 g/mol. The first-order valence-corrected chi connectivity index (χ1v) is 8.13. The third kappa shape index (κ3) is 6.60. The Labute approximate surface area is 125 Å². The molecule has 0 aliphatic heterocycles. The maximum Gasteiger partial charge on any atom is 0.191 e. The maximum absolute atomic E-state index is 4.32. The Kier molecular flexibility index (Phi) is 7.35. The van der Waals surface area contributed by atoms with Crippen molar-refractivity contribution >= 4 is 5.96 Å². The summed E-state index contributed by atoms with van der Waals surface area (Å²) in [5.41, 5.74) is 0. The smallest absolute Gasteiger partial charge is 0.191 e. The molecule has 2 atom stereocenters. The molecule has 4 nitrogen and oxygen atoms in total. The van der Waals surface area contributed by atoms with E-state index in [-0.39, 0.29) is 0 Å². The Hall–Kier alpha value is -0.770. The van der Waals surface area contributed by atoms with Crippen LogP contribution >= 0.6 is 0 Å². The first kappa shape index (κ1) is 17.3. The van der Waals surface area contributed by atoms with Gasteiger partial charge in [-0.25, -0.2) is 0 Å². The van der Waals surface area contributed by atoms with Gasteiger partial charge in [0.25, 0.3) is 0 Å². The Morgan fingerprint density at radius 3 is 2.35 bits per heavy atom. The van der Waals surface area contributed by atoms with Crippen molar-refractivity contribution in [3.8, 4) is 0 Å². The number of hydrogen-bond donors (Lipinski definition) is 2. The molecule has 1 fully saturated rings. The van der Waals surface area contributed by atoms with Gasteiger partial charge in [-0.15, -0.1) is 0 Å². The molecule has 4 heteroatoms. The van der Waals surface area contributed by atoms with Crippen molar-refractivity contribution in [2.75, 3.05) is 20.6 Å². The van der Waals surface area contributed by atoms with Gasteiger partial charge in [-0.05, 0) is 52.5 Å². The molecule has 0 aromatic carbocycles. The van der Waals surface area contributed by atoms with Gasteiger partial charge in [-0.2, -0.15) is 0 Å². The third-order valence-electron chi connectivity index (χ3n) is 4.17. The number of aliphatic imine (C=N–C) groups is 1. The molecule has 1 aliphatic rings. The van der Waals surface area contributed by atoms with E-state index in [1.54, 1.807) is 0 Å². The highest BCUT2D eigenvalue weighted by Gasteiger charge is 2.28. The fraction of sp³-hybridized carbons (Fsp3) is 0.938. The first-order valence-electron chi connectivity index (χ1n) is 8.13. The molecule has 118 valence electrons. The molecule has 2 unspecified atom stereocenters. The zero-order valence-corrected chi connectivity index (χ0v) is 14.2. The largest absolute Gasteiger partial charge is 0.355 e. The highest BCUT2D eigenvalue weighted by atomic mass is 15.2. The summed E-state index contributed by atoms with van der Waals surface area (Å²) in [5.74, 6) is 1.69. The van der Waals surface area contributed by atoms with Crippen LogP contribution in [-0.4, -0.2) is 49.6 Å². The molecule has 0 heterocycles. The predicted molar refractivity (Wildman–Crippen MR) is 88.3 cm³/mol. The Morgan fingerprint density at radius 1 is 1.20 bits per heavy atom. The summed E-state index contributed by atoms with van der Waals surface area (Å²) in [4.78, 5) is 6.80. The molecule has 1 rings (SSSR count). The standard InChI is InChI=1S/C16H34N4/c1-12(2)7-8-13(3)19-16(17-5)18-11-14(4)20(6)15-9-10-15/h12-15H,7-11H2,1-6H3,(H2,17,18,19). The number of likely N-dealkylation sites (N-methyl/N-ethyl adjacent to an activating group) is 1. The minimum Gasteiger partial charge on any atom is -0.355 e. The van der Waals surface area contributed by atoms with Gasteiger partial charge < -0.3 is 10.6 Å². The quantitative estimate of drug-likeness (QED) is 0.531. The summed E-state index contributed by atoms with van der Waals surface area (Å²) in [6.45, 7) is 10.0. The van der Waals surface area contributed by atoms with E-state index in [4.69, 9.17) is 0 Å². The second-order valence-electron chi connectivity index (χ2n) is 6.72. The topological polar surface area (TPSA) is 39.7 Å². The number of nitrogens with zero attached hydrogens (tertiary/aromatic N) is 2. The van der Waals surface area contributed by atoms with Crippen LogP contribution in [-0.2, 0) is 0 Å². The molecule has 0 spiro atoms. The molecular formula is C16H34N4. The molecule has 1 aliphatic carbocycles. The normalized spacial score (nSPS) is 19.3. The average Bonchev–Trinajstić information content (AvgIpc) is 3.24. The fourth-order valence-electron chi connectivity index (χ4n) is 2.31. The number of rotatable bonds is 8. The SMILES string of the molecule is CN=C(NCC(C)N(C)C1CC1)NC(C)CCC(C)C. The van der Waals surface area contributed by atoms with Crippen LogP contribution < -0.4 is 10.6 Å². The van der Waals surface area contributed by atoms with E-state index in [1.807, 2.05) is 7.05 Å². The molecule has 20 heavy (non-hydrogen) atoms. The Balaban J connectivity index is 2.24. The summed E-state index contributed by atoms with van der Waals surface area (Å²) in [6.07, 6.45) is 5.17. The Morgan fingerprint density at radius 2 is 1.85 bits per heavy atom. The number of hydrogen-bond acceptors (Lipinski definition) is 2. The van der Waals surface area contributed by atoms with Crippen LogP contribution in [0.15, 0.2) is 4.99 Å². The van der Waals surface area contributed by atoms with Crippen LogP contribution in [0.3, 0.4) is 0 Å². The van der Waals surface area contributed by atoms with E-state index >= 15 is 0 Å². The van der Waals surface area contributed by atoms with E-state index in [0.717, 1.165) is 24.5 Å². The van der Waals surface area contributed by atoms with Crippen molar-refractivity contribution in [1.29, 1.82) is 0 Å². The van der Waals surface area contributed by atoms with Crippen molar-refractivity contribution in [2.24, 2.45) is 10.9 Å².